The maximum atomic E-state index is 12.9. The Balaban J connectivity index is 1.34. The number of benzene rings is 1. The molecule has 1 aromatic carbocycles. The molecule has 1 saturated carbocycles. The number of hydrogen-bond donors (Lipinski definition) is 1. The number of amides is 2. The van der Waals surface area contributed by atoms with Gasteiger partial charge in [-0.2, -0.15) is 0 Å². The summed E-state index contributed by atoms with van der Waals surface area (Å²) in [5, 5.41) is 3.20. The number of ketones is 1. The molecule has 1 saturated heterocycles. The summed E-state index contributed by atoms with van der Waals surface area (Å²) in [5.74, 6) is -0.320. The standard InChI is InChI=1S/C25H35N3O4/c1-2-32-17-18-8-7-13-27(14-18)15-19-9-3-5-11-21(19)26-23(29)16-28-22-12-6-4-10-20(22)24(30)25(28)31/h4,6,10,12,18-19,21H,2-3,5,7-9,11,13-17H2,1H3,(H,26,29)/t18-,19-,21+/m1/s1. The van der Waals surface area contributed by atoms with Gasteiger partial charge in [0.1, 0.15) is 6.54 Å². The summed E-state index contributed by atoms with van der Waals surface area (Å²) in [4.78, 5) is 41.4. The topological polar surface area (TPSA) is 79.0 Å². The van der Waals surface area contributed by atoms with Crippen molar-refractivity contribution in [2.45, 2.75) is 51.5 Å². The van der Waals surface area contributed by atoms with Gasteiger partial charge < -0.3 is 15.0 Å². The van der Waals surface area contributed by atoms with E-state index in [0.717, 1.165) is 52.1 Å². The predicted molar refractivity (Wildman–Crippen MR) is 123 cm³/mol. The number of carbonyl (C=O) groups is 3. The number of fused-ring (bicyclic) bond motifs is 1. The molecule has 2 heterocycles. The zero-order valence-electron chi connectivity index (χ0n) is 19.1. The molecule has 0 unspecified atom stereocenters. The monoisotopic (exact) mass is 441 g/mol. The predicted octanol–water partition coefficient (Wildman–Crippen LogP) is 2.64. The molecule has 32 heavy (non-hydrogen) atoms. The Morgan fingerprint density at radius 1 is 1.12 bits per heavy atom. The van der Waals surface area contributed by atoms with E-state index in [4.69, 9.17) is 4.74 Å². The van der Waals surface area contributed by atoms with Crippen molar-refractivity contribution in [1.82, 2.24) is 10.2 Å². The van der Waals surface area contributed by atoms with Crippen LogP contribution in [0.5, 0.6) is 0 Å². The molecule has 2 amide bonds. The van der Waals surface area contributed by atoms with Crippen LogP contribution < -0.4 is 10.2 Å². The van der Waals surface area contributed by atoms with Crippen LogP contribution in [0.25, 0.3) is 0 Å². The first-order valence-electron chi connectivity index (χ1n) is 12.1. The van der Waals surface area contributed by atoms with Crippen molar-refractivity contribution in [1.29, 1.82) is 0 Å². The highest BCUT2D eigenvalue weighted by molar-refractivity contribution is 6.52. The molecule has 2 fully saturated rings. The summed E-state index contributed by atoms with van der Waals surface area (Å²) in [6, 6.07) is 7.00. The molecule has 174 valence electrons. The number of para-hydroxylation sites is 1. The Labute approximate surface area is 190 Å². The number of rotatable bonds is 8. The lowest BCUT2D eigenvalue weighted by atomic mass is 9.83. The quantitative estimate of drug-likeness (QED) is 0.628. The highest BCUT2D eigenvalue weighted by Gasteiger charge is 2.37. The van der Waals surface area contributed by atoms with Gasteiger partial charge in [-0.05, 0) is 63.1 Å². The van der Waals surface area contributed by atoms with Gasteiger partial charge in [0.2, 0.25) is 5.91 Å². The van der Waals surface area contributed by atoms with E-state index in [2.05, 4.69) is 10.2 Å². The lowest BCUT2D eigenvalue weighted by molar-refractivity contribution is -0.123. The summed E-state index contributed by atoms with van der Waals surface area (Å²) >= 11 is 0. The van der Waals surface area contributed by atoms with Gasteiger partial charge >= 0.3 is 0 Å². The molecule has 3 atom stereocenters. The van der Waals surface area contributed by atoms with E-state index in [-0.39, 0.29) is 18.5 Å². The van der Waals surface area contributed by atoms with E-state index in [0.29, 0.717) is 23.1 Å². The van der Waals surface area contributed by atoms with Crippen LogP contribution in [-0.2, 0) is 14.3 Å². The molecule has 0 bridgehead atoms. The minimum atomic E-state index is -0.616. The molecule has 1 aliphatic carbocycles. The fourth-order valence-electron chi connectivity index (χ4n) is 5.49. The Bertz CT molecular complexity index is 842. The molecule has 2 aliphatic heterocycles. The van der Waals surface area contributed by atoms with Crippen molar-refractivity contribution in [3.05, 3.63) is 29.8 Å². The molecule has 1 aromatic rings. The molecule has 0 aromatic heterocycles. The largest absolute Gasteiger partial charge is 0.381 e. The average Bonchev–Trinajstić information content (AvgIpc) is 3.04. The number of hydrogen-bond acceptors (Lipinski definition) is 5. The fraction of sp³-hybridized carbons (Fsp3) is 0.640. The van der Waals surface area contributed by atoms with Crippen LogP contribution in [0.15, 0.2) is 24.3 Å². The van der Waals surface area contributed by atoms with E-state index in [1.807, 2.05) is 6.92 Å². The van der Waals surface area contributed by atoms with Crippen LogP contribution in [0.4, 0.5) is 5.69 Å². The second-order valence-corrected chi connectivity index (χ2v) is 9.38. The van der Waals surface area contributed by atoms with Crippen molar-refractivity contribution >= 4 is 23.3 Å². The number of Topliss-reactive ketones (excluding diaryl/α,β-unsaturated/α-hetero) is 1. The molecule has 1 N–H and O–H groups in total. The van der Waals surface area contributed by atoms with E-state index in [1.165, 1.54) is 24.2 Å². The number of likely N-dealkylation sites (tertiary alicyclic amines) is 1. The minimum Gasteiger partial charge on any atom is -0.381 e. The van der Waals surface area contributed by atoms with Gasteiger partial charge in [0.05, 0.1) is 17.9 Å². The third-order valence-corrected chi connectivity index (χ3v) is 7.09. The van der Waals surface area contributed by atoms with E-state index < -0.39 is 11.7 Å². The van der Waals surface area contributed by atoms with Crippen LogP contribution in [0, 0.1) is 11.8 Å². The lowest BCUT2D eigenvalue weighted by Gasteiger charge is -2.39. The highest BCUT2D eigenvalue weighted by atomic mass is 16.5. The van der Waals surface area contributed by atoms with Crippen molar-refractivity contribution < 1.29 is 19.1 Å². The fourth-order valence-corrected chi connectivity index (χ4v) is 5.49. The molecular formula is C25H35N3O4. The van der Waals surface area contributed by atoms with Gasteiger partial charge in [-0.3, -0.25) is 19.3 Å². The second-order valence-electron chi connectivity index (χ2n) is 9.38. The molecule has 3 aliphatic rings. The molecule has 7 nitrogen and oxygen atoms in total. The first-order valence-corrected chi connectivity index (χ1v) is 12.1. The number of piperidine rings is 1. The summed E-state index contributed by atoms with van der Waals surface area (Å²) in [7, 11) is 0. The second kappa shape index (κ2) is 10.6. The van der Waals surface area contributed by atoms with E-state index in [1.54, 1.807) is 24.3 Å². The summed E-state index contributed by atoms with van der Waals surface area (Å²) < 4.78 is 5.65. The number of nitrogens with one attached hydrogen (secondary N) is 1. The van der Waals surface area contributed by atoms with Crippen molar-refractivity contribution in [3.63, 3.8) is 0 Å². The minimum absolute atomic E-state index is 0.106. The van der Waals surface area contributed by atoms with Gasteiger partial charge in [-0.1, -0.05) is 25.0 Å². The van der Waals surface area contributed by atoms with Crippen molar-refractivity contribution in [2.75, 3.05) is 44.3 Å². The van der Waals surface area contributed by atoms with E-state index in [9.17, 15) is 14.4 Å². The Morgan fingerprint density at radius 3 is 2.78 bits per heavy atom. The molecule has 4 rings (SSSR count). The van der Waals surface area contributed by atoms with Crippen LogP contribution >= 0.6 is 0 Å². The Kier molecular flexibility index (Phi) is 7.58. The average molecular weight is 442 g/mol. The van der Waals surface area contributed by atoms with Crippen LogP contribution in [0.2, 0.25) is 0 Å². The SMILES string of the molecule is CCOC[C@@H]1CCCN(C[C@H]2CCCC[C@@H]2NC(=O)CN2C(=O)C(=O)c3ccccc32)C1. The first-order chi connectivity index (χ1) is 15.6. The third kappa shape index (κ3) is 5.21. The zero-order valence-corrected chi connectivity index (χ0v) is 19.1. The van der Waals surface area contributed by atoms with Crippen LogP contribution in [0.3, 0.4) is 0 Å². The molecule has 0 radical (unpaired) electrons. The van der Waals surface area contributed by atoms with Gasteiger partial charge in [0.25, 0.3) is 11.7 Å². The molecular weight excluding hydrogens is 406 g/mol. The van der Waals surface area contributed by atoms with Crippen LogP contribution in [-0.4, -0.2) is 67.9 Å². The number of anilines is 1. The lowest BCUT2D eigenvalue weighted by Crippen LogP contribution is -2.50. The van der Waals surface area contributed by atoms with E-state index >= 15 is 0 Å². The summed E-state index contributed by atoms with van der Waals surface area (Å²) in [6.07, 6.45) is 6.81. The third-order valence-electron chi connectivity index (χ3n) is 7.09. The van der Waals surface area contributed by atoms with Gasteiger partial charge in [0, 0.05) is 25.7 Å². The van der Waals surface area contributed by atoms with Gasteiger partial charge in [0.15, 0.2) is 0 Å². The smallest absolute Gasteiger partial charge is 0.299 e. The Hall–Kier alpha value is -2.25. The summed E-state index contributed by atoms with van der Waals surface area (Å²) in [6.45, 7) is 6.71. The van der Waals surface area contributed by atoms with Gasteiger partial charge in [-0.25, -0.2) is 0 Å². The van der Waals surface area contributed by atoms with Crippen molar-refractivity contribution in [3.8, 4) is 0 Å². The van der Waals surface area contributed by atoms with Gasteiger partial charge in [-0.15, -0.1) is 0 Å². The number of carbonyl (C=O) groups excluding carboxylic acids is 3. The zero-order chi connectivity index (χ0) is 22.5. The summed E-state index contributed by atoms with van der Waals surface area (Å²) in [5.41, 5.74) is 0.916. The molecule has 7 heteroatoms. The maximum absolute atomic E-state index is 12.9. The number of ether oxygens (including phenoxy) is 1. The normalized spacial score (nSPS) is 26.3. The Morgan fingerprint density at radius 2 is 1.94 bits per heavy atom. The maximum Gasteiger partial charge on any atom is 0.299 e. The van der Waals surface area contributed by atoms with Crippen LogP contribution in [0.1, 0.15) is 55.8 Å². The number of nitrogens with zero attached hydrogens (tertiary/aromatic N) is 2. The molecule has 0 spiro atoms. The highest BCUT2D eigenvalue weighted by Crippen LogP contribution is 2.29. The first kappa shape index (κ1) is 22.9. The van der Waals surface area contributed by atoms with Crippen molar-refractivity contribution in [2.24, 2.45) is 11.8 Å².